The zero-order valence-corrected chi connectivity index (χ0v) is 25.3. The molecular formula is C27H39N6O8P. The second-order valence-electron chi connectivity index (χ2n) is 10.5. The molecule has 4 N–H and O–H groups in total. The molecule has 5 atom stereocenters. The molecule has 0 saturated carbocycles. The number of fused-ring (bicyclic) bond motifs is 1. The second kappa shape index (κ2) is 13.3. The molecule has 1 fully saturated rings. The molecule has 3 heterocycles. The Morgan fingerprint density at radius 3 is 2.69 bits per heavy atom. The van der Waals surface area contributed by atoms with Crippen LogP contribution in [0.3, 0.4) is 0 Å². The maximum atomic E-state index is 13.9. The number of aromatic nitrogens is 4. The Morgan fingerprint density at radius 2 is 2.00 bits per heavy atom. The number of hydrogen-bond acceptors (Lipinski definition) is 12. The molecule has 230 valence electrons. The molecule has 0 radical (unpaired) electrons. The maximum absolute atomic E-state index is 13.9. The number of nitrogens with two attached hydrogens (primary N) is 1. The first-order valence-corrected chi connectivity index (χ1v) is 15.4. The molecule has 15 heteroatoms. The highest BCUT2D eigenvalue weighted by Gasteiger charge is 2.52. The maximum Gasteiger partial charge on any atom is 0.459 e. The van der Waals surface area contributed by atoms with Crippen molar-refractivity contribution in [3.63, 3.8) is 0 Å². The van der Waals surface area contributed by atoms with Crippen molar-refractivity contribution >= 4 is 30.8 Å². The number of aliphatic hydroxyl groups is 1. The molecule has 1 unspecified atom stereocenters. The van der Waals surface area contributed by atoms with Gasteiger partial charge in [0.1, 0.15) is 24.1 Å². The number of benzene rings is 1. The number of nitrogens with one attached hydrogen (secondary N) is 1. The average Bonchev–Trinajstić information content (AvgIpc) is 3.45. The quantitative estimate of drug-likeness (QED) is 0.138. The molecule has 0 aliphatic carbocycles. The van der Waals surface area contributed by atoms with Crippen molar-refractivity contribution in [1.82, 2.24) is 24.6 Å². The van der Waals surface area contributed by atoms with Gasteiger partial charge in [-0.1, -0.05) is 45.4 Å². The Balaban J connectivity index is 1.54. The van der Waals surface area contributed by atoms with Gasteiger partial charge in [-0.2, -0.15) is 15.1 Å². The van der Waals surface area contributed by atoms with Crippen LogP contribution in [-0.2, 0) is 23.4 Å². The molecule has 3 aromatic rings. The molecule has 1 aromatic carbocycles. The Bertz CT molecular complexity index is 1400. The van der Waals surface area contributed by atoms with Gasteiger partial charge in [0.25, 0.3) is 0 Å². The van der Waals surface area contributed by atoms with E-state index in [0.717, 1.165) is 6.42 Å². The van der Waals surface area contributed by atoms with Crippen LogP contribution in [0, 0.1) is 5.41 Å². The van der Waals surface area contributed by atoms with E-state index in [-0.39, 0.29) is 30.8 Å². The fraction of sp³-hybridized carbons (Fsp3) is 0.556. The van der Waals surface area contributed by atoms with Crippen LogP contribution in [0.15, 0.2) is 36.7 Å². The fourth-order valence-corrected chi connectivity index (χ4v) is 6.03. The van der Waals surface area contributed by atoms with E-state index in [1.54, 1.807) is 34.9 Å². The highest BCUT2D eigenvalue weighted by atomic mass is 31.2. The summed E-state index contributed by atoms with van der Waals surface area (Å²) in [6, 6.07) is 7.41. The summed E-state index contributed by atoms with van der Waals surface area (Å²) in [6.45, 7) is 9.20. The van der Waals surface area contributed by atoms with E-state index in [0.29, 0.717) is 24.2 Å². The summed E-state index contributed by atoms with van der Waals surface area (Å²) in [6.07, 6.45) is 0.322. The zero-order valence-electron chi connectivity index (χ0n) is 24.4. The number of anilines is 1. The number of hydrogen-bond donors (Lipinski definition) is 3. The van der Waals surface area contributed by atoms with Crippen LogP contribution in [0.25, 0.3) is 11.2 Å². The van der Waals surface area contributed by atoms with Crippen molar-refractivity contribution in [2.75, 3.05) is 25.6 Å². The zero-order chi connectivity index (χ0) is 30.5. The Kier molecular flexibility index (Phi) is 10.1. The first kappa shape index (κ1) is 31.6. The van der Waals surface area contributed by atoms with Gasteiger partial charge in [0.15, 0.2) is 11.2 Å². The van der Waals surface area contributed by atoms with Crippen LogP contribution >= 0.6 is 7.75 Å². The number of nitrogens with zero attached hydrogens (tertiary/aromatic N) is 4. The lowest BCUT2D eigenvalue weighted by Gasteiger charge is -2.29. The molecule has 1 saturated heterocycles. The van der Waals surface area contributed by atoms with E-state index >= 15 is 0 Å². The number of nitrogen functional groups attached to an aromatic ring is 1. The third-order valence-electron chi connectivity index (χ3n) is 6.82. The van der Waals surface area contributed by atoms with Gasteiger partial charge in [0, 0.05) is 5.41 Å². The lowest BCUT2D eigenvalue weighted by molar-refractivity contribution is -0.145. The number of para-hydroxylation sites is 1. The van der Waals surface area contributed by atoms with Gasteiger partial charge < -0.3 is 29.6 Å². The molecule has 1 aliphatic heterocycles. The smallest absolute Gasteiger partial charge is 0.459 e. The van der Waals surface area contributed by atoms with Crippen LogP contribution in [0.5, 0.6) is 11.6 Å². The molecular weight excluding hydrogens is 567 g/mol. The number of aliphatic hydroxyl groups excluding tert-OH is 1. The highest BCUT2D eigenvalue weighted by Crippen LogP contribution is 2.49. The summed E-state index contributed by atoms with van der Waals surface area (Å²) in [5.74, 6) is -0.0982. The summed E-state index contributed by atoms with van der Waals surface area (Å²) in [7, 11) is -4.17. The minimum Gasteiger partial charge on any atom is -0.476 e. The lowest BCUT2D eigenvalue weighted by Crippen LogP contribution is -2.38. The van der Waals surface area contributed by atoms with Crippen molar-refractivity contribution in [3.05, 3.63) is 36.7 Å². The highest BCUT2D eigenvalue weighted by molar-refractivity contribution is 7.52. The predicted molar refractivity (Wildman–Crippen MR) is 154 cm³/mol. The third-order valence-corrected chi connectivity index (χ3v) is 8.46. The molecule has 2 aromatic heterocycles. The number of ether oxygens (including phenoxy) is 3. The largest absolute Gasteiger partial charge is 0.476 e. The first-order chi connectivity index (χ1) is 20.0. The van der Waals surface area contributed by atoms with Crippen LogP contribution in [0.2, 0.25) is 0 Å². The first-order valence-electron chi connectivity index (χ1n) is 13.9. The predicted octanol–water partition coefficient (Wildman–Crippen LogP) is 3.62. The normalized spacial score (nSPS) is 22.0. The SMILES string of the molecule is CCCCOC(=O)[C@H](C)NP(=O)(OC[C@H]1O[C@@H](n2cnc3c(OCC)nc(N)nc32)C(C)(C)[C@@H]1O)Oc1ccccc1. The third kappa shape index (κ3) is 7.01. The van der Waals surface area contributed by atoms with Crippen LogP contribution in [0.1, 0.15) is 53.7 Å². The van der Waals surface area contributed by atoms with E-state index < -0.39 is 43.6 Å². The van der Waals surface area contributed by atoms with Gasteiger partial charge in [0.2, 0.25) is 11.8 Å². The topological polar surface area (TPSA) is 182 Å². The summed E-state index contributed by atoms with van der Waals surface area (Å²) in [5, 5.41) is 13.9. The van der Waals surface area contributed by atoms with E-state index in [1.165, 1.54) is 13.3 Å². The number of carbonyl (C=O) groups excluding carboxylic acids is 1. The van der Waals surface area contributed by atoms with Crippen molar-refractivity contribution in [3.8, 4) is 11.6 Å². The van der Waals surface area contributed by atoms with Crippen LogP contribution in [-0.4, -0.2) is 68.7 Å². The van der Waals surface area contributed by atoms with Gasteiger partial charge in [-0.25, -0.2) is 9.55 Å². The Labute approximate surface area is 244 Å². The van der Waals surface area contributed by atoms with E-state index in [2.05, 4.69) is 20.0 Å². The van der Waals surface area contributed by atoms with Gasteiger partial charge in [0.05, 0.1) is 32.3 Å². The standard InChI is InChI=1S/C27H39N6O8P/c1-6-8-14-38-24(35)17(3)32-42(36,41-18-12-10-9-11-13-18)39-15-19-21(34)27(4,5)25(40-19)33-16-29-20-22(33)30-26(28)31-23(20)37-7-2/h9-13,16-17,19,21,25,34H,6-8,14-15H2,1-5H3,(H,32,36)(H2,28,30,31)/t17-,19+,21+,25+,42?/m0/s1. The molecule has 14 nitrogen and oxygen atoms in total. The van der Waals surface area contributed by atoms with Crippen LogP contribution in [0.4, 0.5) is 5.95 Å². The summed E-state index contributed by atoms with van der Waals surface area (Å²) in [4.78, 5) is 25.3. The molecule has 1 aliphatic rings. The molecule has 42 heavy (non-hydrogen) atoms. The van der Waals surface area contributed by atoms with E-state index in [1.807, 2.05) is 27.7 Å². The molecule has 0 bridgehead atoms. The number of imidazole rings is 1. The van der Waals surface area contributed by atoms with Crippen LogP contribution < -0.4 is 20.1 Å². The Hall–Kier alpha value is -3.29. The van der Waals surface area contributed by atoms with E-state index in [4.69, 9.17) is 29.0 Å². The number of rotatable bonds is 14. The second-order valence-corrected chi connectivity index (χ2v) is 12.2. The number of esters is 1. The van der Waals surface area contributed by atoms with E-state index in [9.17, 15) is 14.5 Å². The van der Waals surface area contributed by atoms with Crippen molar-refractivity contribution in [1.29, 1.82) is 0 Å². The number of carbonyl (C=O) groups is 1. The van der Waals surface area contributed by atoms with Crippen molar-refractivity contribution in [2.45, 2.75) is 71.9 Å². The fourth-order valence-electron chi connectivity index (χ4n) is 4.52. The van der Waals surface area contributed by atoms with Gasteiger partial charge in [-0.3, -0.25) is 13.9 Å². The minimum absolute atomic E-state index is 0.00338. The molecule has 0 spiro atoms. The molecule has 4 rings (SSSR count). The van der Waals surface area contributed by atoms with Gasteiger partial charge in [-0.05, 0) is 32.4 Å². The van der Waals surface area contributed by atoms with Gasteiger partial charge in [-0.15, -0.1) is 0 Å². The summed E-state index contributed by atoms with van der Waals surface area (Å²) in [5.41, 5.74) is 5.81. The lowest BCUT2D eigenvalue weighted by atomic mass is 9.84. The van der Waals surface area contributed by atoms with Gasteiger partial charge >= 0.3 is 13.7 Å². The summed E-state index contributed by atoms with van der Waals surface area (Å²) >= 11 is 0. The molecule has 0 amide bonds. The average molecular weight is 607 g/mol. The minimum atomic E-state index is -4.17. The Morgan fingerprint density at radius 1 is 1.26 bits per heavy atom. The number of unbranched alkanes of at least 4 members (excludes halogenated alkanes) is 1. The monoisotopic (exact) mass is 606 g/mol. The summed E-state index contributed by atoms with van der Waals surface area (Å²) < 4.78 is 44.1. The van der Waals surface area contributed by atoms with Crippen molar-refractivity contribution in [2.24, 2.45) is 5.41 Å². The van der Waals surface area contributed by atoms with Crippen molar-refractivity contribution < 1.29 is 37.7 Å².